The van der Waals surface area contributed by atoms with Crippen molar-refractivity contribution in [2.24, 2.45) is 46.3 Å². The van der Waals surface area contributed by atoms with E-state index in [0.29, 0.717) is 16.9 Å². The average Bonchev–Trinajstić information content (AvgIpc) is 3.11. The van der Waals surface area contributed by atoms with Gasteiger partial charge in [0, 0.05) is 6.04 Å². The lowest BCUT2D eigenvalue weighted by atomic mass is 9.47. The lowest BCUT2D eigenvalue weighted by molar-refractivity contribution is -0.117. The van der Waals surface area contributed by atoms with Crippen molar-refractivity contribution in [1.82, 2.24) is 5.32 Å². The van der Waals surface area contributed by atoms with E-state index in [4.69, 9.17) is 0 Å². The summed E-state index contributed by atoms with van der Waals surface area (Å²) in [4.78, 5) is 11.8. The van der Waals surface area contributed by atoms with Crippen molar-refractivity contribution in [1.29, 1.82) is 0 Å². The van der Waals surface area contributed by atoms with Gasteiger partial charge in [0.25, 0.3) is 0 Å². The Hall–Kier alpha value is -1.05. The van der Waals surface area contributed by atoms with Gasteiger partial charge >= 0.3 is 0 Å². The number of carbonyl (C=O) groups excluding carboxylic acids is 1. The fourth-order valence-electron chi connectivity index (χ4n) is 9.07. The van der Waals surface area contributed by atoms with E-state index in [1.807, 2.05) is 0 Å². The van der Waals surface area contributed by atoms with Crippen molar-refractivity contribution in [2.45, 2.75) is 111 Å². The molecular formula is C30H49NO. The molecule has 4 aliphatic carbocycles. The highest BCUT2D eigenvalue weighted by Gasteiger charge is 2.59. The van der Waals surface area contributed by atoms with E-state index >= 15 is 0 Å². The second kappa shape index (κ2) is 9.30. The second-order valence-corrected chi connectivity index (χ2v) is 12.9. The fourth-order valence-corrected chi connectivity index (χ4v) is 9.07. The molecule has 2 nitrogen and oxygen atoms in total. The highest BCUT2D eigenvalue weighted by atomic mass is 16.1. The maximum Gasteiger partial charge on any atom is 0.243 e. The van der Waals surface area contributed by atoms with Gasteiger partial charge in [-0.15, -0.1) is 0 Å². The maximum absolute atomic E-state index is 11.8. The van der Waals surface area contributed by atoms with Gasteiger partial charge in [-0.1, -0.05) is 72.1 Å². The molecule has 0 aromatic heterocycles. The molecule has 0 aliphatic heterocycles. The van der Waals surface area contributed by atoms with Gasteiger partial charge in [0.15, 0.2) is 0 Å². The molecule has 2 heteroatoms. The second-order valence-electron chi connectivity index (χ2n) is 12.9. The molecule has 1 N–H and O–H groups in total. The topological polar surface area (TPSA) is 29.1 Å². The van der Waals surface area contributed by atoms with Crippen molar-refractivity contribution in [3.8, 4) is 0 Å². The first-order valence-electron chi connectivity index (χ1n) is 13.8. The van der Waals surface area contributed by atoms with E-state index < -0.39 is 0 Å². The third kappa shape index (κ3) is 4.25. The van der Waals surface area contributed by atoms with E-state index in [-0.39, 0.29) is 5.91 Å². The number of rotatable bonds is 7. The van der Waals surface area contributed by atoms with Gasteiger partial charge < -0.3 is 5.32 Å². The molecule has 3 fully saturated rings. The van der Waals surface area contributed by atoms with Crippen LogP contribution in [-0.4, -0.2) is 11.9 Å². The molecule has 8 atom stereocenters. The van der Waals surface area contributed by atoms with Gasteiger partial charge in [-0.25, -0.2) is 0 Å². The number of hydrogen-bond acceptors (Lipinski definition) is 1. The van der Waals surface area contributed by atoms with E-state index in [9.17, 15) is 4.79 Å². The fraction of sp³-hybridized carbons (Fsp3) is 0.833. The molecule has 0 heterocycles. The summed E-state index contributed by atoms with van der Waals surface area (Å²) in [6.45, 7) is 16.2. The third-order valence-corrected chi connectivity index (χ3v) is 10.8. The van der Waals surface area contributed by atoms with E-state index in [1.54, 1.807) is 5.57 Å². The SMILES string of the molecule is C=CC(=O)N[C@H]1CC[C@@]2(C)C(=CC[C@H]3[C@@H]4CC[C@H]([C@H](C)CCCC(C)C)[C@@]4(C)CC[C@@H]32)C1. The van der Waals surface area contributed by atoms with E-state index in [0.717, 1.165) is 48.3 Å². The minimum absolute atomic E-state index is 0.0131. The summed E-state index contributed by atoms with van der Waals surface area (Å²) in [5.41, 5.74) is 2.58. The molecule has 0 radical (unpaired) electrons. The Balaban J connectivity index is 1.46. The summed E-state index contributed by atoms with van der Waals surface area (Å²) in [5, 5.41) is 3.18. The molecule has 0 unspecified atom stereocenters. The van der Waals surface area contributed by atoms with Crippen LogP contribution in [0.15, 0.2) is 24.3 Å². The molecule has 0 aromatic rings. The van der Waals surface area contributed by atoms with Crippen LogP contribution < -0.4 is 5.32 Å². The molecule has 32 heavy (non-hydrogen) atoms. The van der Waals surface area contributed by atoms with Crippen LogP contribution in [0.1, 0.15) is 105 Å². The summed E-state index contributed by atoms with van der Waals surface area (Å²) in [6.07, 6.45) is 18.8. The molecular weight excluding hydrogens is 390 g/mol. The Kier molecular flexibility index (Phi) is 7.00. The van der Waals surface area contributed by atoms with Crippen LogP contribution in [0.4, 0.5) is 0 Å². The summed E-state index contributed by atoms with van der Waals surface area (Å²) in [5.74, 6) is 5.31. The number of amides is 1. The summed E-state index contributed by atoms with van der Waals surface area (Å²) < 4.78 is 0. The average molecular weight is 440 g/mol. The molecule has 0 aromatic carbocycles. The first kappa shape index (κ1) is 24.1. The van der Waals surface area contributed by atoms with Gasteiger partial charge in [-0.2, -0.15) is 0 Å². The number of hydrogen-bond donors (Lipinski definition) is 1. The minimum Gasteiger partial charge on any atom is -0.350 e. The largest absolute Gasteiger partial charge is 0.350 e. The zero-order valence-corrected chi connectivity index (χ0v) is 21.6. The van der Waals surface area contributed by atoms with Crippen LogP contribution in [-0.2, 0) is 4.79 Å². The molecule has 4 aliphatic rings. The quantitative estimate of drug-likeness (QED) is 0.319. The maximum atomic E-state index is 11.8. The number of fused-ring (bicyclic) bond motifs is 5. The van der Waals surface area contributed by atoms with Crippen molar-refractivity contribution in [2.75, 3.05) is 0 Å². The Morgan fingerprint density at radius 3 is 2.62 bits per heavy atom. The van der Waals surface area contributed by atoms with Crippen LogP contribution in [0, 0.1) is 46.3 Å². The number of carbonyl (C=O) groups is 1. The van der Waals surface area contributed by atoms with Crippen molar-refractivity contribution in [3.05, 3.63) is 24.3 Å². The molecule has 4 rings (SSSR count). The van der Waals surface area contributed by atoms with Crippen molar-refractivity contribution in [3.63, 3.8) is 0 Å². The molecule has 0 bridgehead atoms. The molecule has 0 spiro atoms. The highest BCUT2D eigenvalue weighted by molar-refractivity contribution is 5.87. The van der Waals surface area contributed by atoms with Gasteiger partial charge in [0.05, 0.1) is 0 Å². The van der Waals surface area contributed by atoms with Gasteiger partial charge in [-0.05, 0) is 104 Å². The number of allylic oxidation sites excluding steroid dienone is 1. The third-order valence-electron chi connectivity index (χ3n) is 10.8. The summed E-state index contributed by atoms with van der Waals surface area (Å²) >= 11 is 0. The zero-order valence-electron chi connectivity index (χ0n) is 21.6. The van der Waals surface area contributed by atoms with Crippen LogP contribution in [0.5, 0.6) is 0 Å². The lowest BCUT2D eigenvalue weighted by Gasteiger charge is -2.58. The zero-order chi connectivity index (χ0) is 23.1. The van der Waals surface area contributed by atoms with Crippen LogP contribution in [0.25, 0.3) is 0 Å². The summed E-state index contributed by atoms with van der Waals surface area (Å²) in [7, 11) is 0. The van der Waals surface area contributed by atoms with Gasteiger partial charge in [-0.3, -0.25) is 4.79 Å². The molecule has 0 saturated heterocycles. The van der Waals surface area contributed by atoms with Gasteiger partial charge in [0.2, 0.25) is 5.91 Å². The first-order chi connectivity index (χ1) is 15.2. The minimum atomic E-state index is -0.0131. The monoisotopic (exact) mass is 439 g/mol. The predicted molar refractivity (Wildman–Crippen MR) is 135 cm³/mol. The van der Waals surface area contributed by atoms with Crippen LogP contribution in [0.3, 0.4) is 0 Å². The molecule has 3 saturated carbocycles. The summed E-state index contributed by atoms with van der Waals surface area (Å²) in [6, 6.07) is 0.299. The smallest absolute Gasteiger partial charge is 0.243 e. The Morgan fingerprint density at radius 2 is 1.91 bits per heavy atom. The standard InChI is InChI=1S/C30H49NO/c1-7-28(32)31-23-15-17-29(5)22(19-23)11-12-24-26-14-13-25(21(4)10-8-9-20(2)3)30(26,6)18-16-27(24)29/h7,11,20-21,23-27H,1,8-10,12-19H2,2-6H3,(H,31,32)/t21-,23+,24+,25-,26+,27+,29+,30-/m1/s1. The van der Waals surface area contributed by atoms with Crippen LogP contribution >= 0.6 is 0 Å². The van der Waals surface area contributed by atoms with Crippen molar-refractivity contribution >= 4 is 5.91 Å². The number of nitrogens with one attached hydrogen (secondary N) is 1. The Morgan fingerprint density at radius 1 is 1.12 bits per heavy atom. The van der Waals surface area contributed by atoms with E-state index in [2.05, 4.69) is 52.6 Å². The van der Waals surface area contributed by atoms with Gasteiger partial charge in [0.1, 0.15) is 0 Å². The van der Waals surface area contributed by atoms with Crippen LogP contribution in [0.2, 0.25) is 0 Å². The highest BCUT2D eigenvalue weighted by Crippen LogP contribution is 2.67. The Labute approximate surface area is 198 Å². The molecule has 1 amide bonds. The van der Waals surface area contributed by atoms with E-state index in [1.165, 1.54) is 63.9 Å². The predicted octanol–water partition coefficient (Wildman–Crippen LogP) is 7.70. The Bertz CT molecular complexity index is 737. The normalized spacial score (nSPS) is 41.8. The molecule has 180 valence electrons. The first-order valence-corrected chi connectivity index (χ1v) is 13.8. The lowest BCUT2D eigenvalue weighted by Crippen LogP contribution is -2.52. The van der Waals surface area contributed by atoms with Crippen molar-refractivity contribution < 1.29 is 4.79 Å².